The molecule has 2 atom stereocenters. The Morgan fingerprint density at radius 2 is 2.11 bits per heavy atom. The second-order valence-corrected chi connectivity index (χ2v) is 7.41. The molecule has 4 rings (SSSR count). The molecule has 0 aliphatic carbocycles. The summed E-state index contributed by atoms with van der Waals surface area (Å²) in [5.41, 5.74) is 7.77. The van der Waals surface area contributed by atoms with Gasteiger partial charge in [0, 0.05) is 44.6 Å². The van der Waals surface area contributed by atoms with E-state index in [1.54, 1.807) is 19.5 Å². The van der Waals surface area contributed by atoms with Crippen LogP contribution in [0.4, 0.5) is 11.8 Å². The number of hydrogen-bond donors (Lipinski definition) is 1. The number of anilines is 2. The van der Waals surface area contributed by atoms with Crippen molar-refractivity contribution < 1.29 is 14.2 Å². The summed E-state index contributed by atoms with van der Waals surface area (Å²) in [5, 5.41) is 0. The predicted molar refractivity (Wildman–Crippen MR) is 104 cm³/mol. The molecule has 0 unspecified atom stereocenters. The summed E-state index contributed by atoms with van der Waals surface area (Å²) in [6, 6.07) is 0.217. The lowest BCUT2D eigenvalue weighted by Crippen LogP contribution is -2.44. The van der Waals surface area contributed by atoms with E-state index in [1.807, 2.05) is 0 Å². The summed E-state index contributed by atoms with van der Waals surface area (Å²) in [4.78, 5) is 20.2. The second-order valence-electron chi connectivity index (χ2n) is 7.41. The van der Waals surface area contributed by atoms with Crippen LogP contribution >= 0.6 is 0 Å². The molecule has 0 aromatic carbocycles. The summed E-state index contributed by atoms with van der Waals surface area (Å²) in [7, 11) is 1.69. The minimum atomic E-state index is -0.526. The van der Waals surface area contributed by atoms with Gasteiger partial charge in [0.2, 0.25) is 5.95 Å². The summed E-state index contributed by atoms with van der Waals surface area (Å²) >= 11 is 0. The Morgan fingerprint density at radius 3 is 2.82 bits per heavy atom. The molecule has 0 spiro atoms. The van der Waals surface area contributed by atoms with Gasteiger partial charge in [0.15, 0.2) is 5.82 Å². The van der Waals surface area contributed by atoms with Crippen molar-refractivity contribution in [2.75, 3.05) is 44.1 Å². The standard InChI is InChI=1S/C19H26N6O3/c1-12-10-27-7-5-25(12)17-14-11-28-19(2,4-6-26-3)15(14)23-16(24-17)13-8-21-18(20)22-9-13/h8-9,12H,4-7,10-11H2,1-3H3,(H2,20,21,22)/t12-,19-/m0/s1. The highest BCUT2D eigenvalue weighted by molar-refractivity contribution is 5.61. The van der Waals surface area contributed by atoms with Crippen LogP contribution in [0.1, 0.15) is 31.5 Å². The molecule has 1 fully saturated rings. The van der Waals surface area contributed by atoms with E-state index in [2.05, 4.69) is 28.7 Å². The predicted octanol–water partition coefficient (Wildman–Crippen LogP) is 1.52. The van der Waals surface area contributed by atoms with E-state index in [1.165, 1.54) is 0 Å². The van der Waals surface area contributed by atoms with Crippen LogP contribution in [0.5, 0.6) is 0 Å². The Morgan fingerprint density at radius 1 is 1.32 bits per heavy atom. The van der Waals surface area contributed by atoms with Crippen LogP contribution in [0, 0.1) is 0 Å². The molecule has 1 saturated heterocycles. The number of nitrogen functional groups attached to an aromatic ring is 1. The molecular weight excluding hydrogens is 360 g/mol. The summed E-state index contributed by atoms with van der Waals surface area (Å²) in [6.45, 7) is 7.38. The number of fused-ring (bicyclic) bond motifs is 1. The van der Waals surface area contributed by atoms with Gasteiger partial charge in [0.05, 0.1) is 37.1 Å². The lowest BCUT2D eigenvalue weighted by molar-refractivity contribution is -0.0448. The lowest BCUT2D eigenvalue weighted by Gasteiger charge is -2.35. The molecule has 150 valence electrons. The Labute approximate surface area is 164 Å². The van der Waals surface area contributed by atoms with Crippen molar-refractivity contribution in [3.05, 3.63) is 23.7 Å². The minimum absolute atomic E-state index is 0.217. The van der Waals surface area contributed by atoms with Crippen molar-refractivity contribution in [1.29, 1.82) is 0 Å². The molecule has 0 bridgehead atoms. The van der Waals surface area contributed by atoms with Crippen molar-refractivity contribution in [2.24, 2.45) is 0 Å². The van der Waals surface area contributed by atoms with Crippen molar-refractivity contribution in [3.8, 4) is 11.4 Å². The smallest absolute Gasteiger partial charge is 0.219 e. The maximum atomic E-state index is 6.20. The molecule has 2 aliphatic rings. The van der Waals surface area contributed by atoms with Gasteiger partial charge in [-0.15, -0.1) is 0 Å². The van der Waals surface area contributed by atoms with Crippen LogP contribution in [-0.4, -0.2) is 59.5 Å². The first-order chi connectivity index (χ1) is 13.5. The average Bonchev–Trinajstić information content (AvgIpc) is 3.04. The van der Waals surface area contributed by atoms with Gasteiger partial charge in [-0.3, -0.25) is 0 Å². The van der Waals surface area contributed by atoms with Crippen molar-refractivity contribution >= 4 is 11.8 Å². The van der Waals surface area contributed by atoms with Gasteiger partial charge >= 0.3 is 0 Å². The third-order valence-electron chi connectivity index (χ3n) is 5.37. The molecule has 4 heterocycles. The van der Waals surface area contributed by atoms with Crippen molar-refractivity contribution in [1.82, 2.24) is 19.9 Å². The van der Waals surface area contributed by atoms with Gasteiger partial charge < -0.3 is 24.8 Å². The number of morpholine rings is 1. The number of nitrogens with two attached hydrogens (primary N) is 1. The van der Waals surface area contributed by atoms with E-state index in [0.717, 1.165) is 29.2 Å². The third kappa shape index (κ3) is 3.41. The van der Waals surface area contributed by atoms with Gasteiger partial charge in [0.25, 0.3) is 0 Å². The van der Waals surface area contributed by atoms with E-state index < -0.39 is 5.60 Å². The Hall–Kier alpha value is -2.36. The van der Waals surface area contributed by atoms with Crippen molar-refractivity contribution in [3.63, 3.8) is 0 Å². The number of nitrogens with zero attached hydrogens (tertiary/aromatic N) is 5. The zero-order chi connectivity index (χ0) is 19.7. The highest BCUT2D eigenvalue weighted by Gasteiger charge is 2.41. The second kappa shape index (κ2) is 7.57. The molecule has 9 nitrogen and oxygen atoms in total. The topological polar surface area (TPSA) is 109 Å². The first-order valence-electron chi connectivity index (χ1n) is 9.48. The van der Waals surface area contributed by atoms with Gasteiger partial charge in [-0.25, -0.2) is 19.9 Å². The average molecular weight is 386 g/mol. The summed E-state index contributed by atoms with van der Waals surface area (Å²) in [6.07, 6.45) is 4.01. The Balaban J connectivity index is 1.83. The molecule has 2 aliphatic heterocycles. The van der Waals surface area contributed by atoms with E-state index >= 15 is 0 Å². The van der Waals surface area contributed by atoms with Gasteiger partial charge in [0.1, 0.15) is 11.4 Å². The Bertz CT molecular complexity index is 846. The number of methoxy groups -OCH3 is 1. The number of ether oxygens (including phenoxy) is 3. The lowest BCUT2D eigenvalue weighted by atomic mass is 9.96. The first kappa shape index (κ1) is 19.0. The molecule has 0 amide bonds. The van der Waals surface area contributed by atoms with E-state index in [4.69, 9.17) is 29.9 Å². The maximum Gasteiger partial charge on any atom is 0.219 e. The molecular formula is C19H26N6O3. The van der Waals surface area contributed by atoms with Gasteiger partial charge in [-0.2, -0.15) is 0 Å². The molecule has 0 radical (unpaired) electrons. The van der Waals surface area contributed by atoms with Crippen LogP contribution in [0.15, 0.2) is 12.4 Å². The number of hydrogen-bond acceptors (Lipinski definition) is 9. The first-order valence-corrected chi connectivity index (χ1v) is 9.48. The van der Waals surface area contributed by atoms with Crippen LogP contribution in [0.2, 0.25) is 0 Å². The van der Waals surface area contributed by atoms with Crippen LogP contribution < -0.4 is 10.6 Å². The molecule has 28 heavy (non-hydrogen) atoms. The van der Waals surface area contributed by atoms with Crippen molar-refractivity contribution in [2.45, 2.75) is 38.5 Å². The fraction of sp³-hybridized carbons (Fsp3) is 0.579. The molecule has 2 aromatic heterocycles. The van der Waals surface area contributed by atoms with Gasteiger partial charge in [-0.1, -0.05) is 0 Å². The van der Waals surface area contributed by atoms with Crippen LogP contribution in [0.3, 0.4) is 0 Å². The quantitative estimate of drug-likeness (QED) is 0.818. The van der Waals surface area contributed by atoms with E-state index in [0.29, 0.717) is 38.7 Å². The number of aromatic nitrogens is 4. The zero-order valence-corrected chi connectivity index (χ0v) is 16.5. The molecule has 2 N–H and O–H groups in total. The minimum Gasteiger partial charge on any atom is -0.385 e. The largest absolute Gasteiger partial charge is 0.385 e. The van der Waals surface area contributed by atoms with E-state index in [9.17, 15) is 0 Å². The summed E-state index contributed by atoms with van der Waals surface area (Å²) < 4.78 is 17.1. The number of rotatable bonds is 5. The fourth-order valence-electron chi connectivity index (χ4n) is 3.69. The van der Waals surface area contributed by atoms with Crippen LogP contribution in [0.25, 0.3) is 11.4 Å². The normalized spacial score (nSPS) is 24.4. The molecule has 0 saturated carbocycles. The fourth-order valence-corrected chi connectivity index (χ4v) is 3.69. The van der Waals surface area contributed by atoms with E-state index in [-0.39, 0.29) is 12.0 Å². The third-order valence-corrected chi connectivity index (χ3v) is 5.37. The molecule has 2 aromatic rings. The maximum absolute atomic E-state index is 6.20. The zero-order valence-electron chi connectivity index (χ0n) is 16.5. The SMILES string of the molecule is COCC[C@]1(C)OCc2c(N3CCOC[C@@H]3C)nc(-c3cnc(N)nc3)nc21. The Kier molecular flexibility index (Phi) is 5.13. The monoisotopic (exact) mass is 386 g/mol. The van der Waals surface area contributed by atoms with Gasteiger partial charge in [-0.05, 0) is 13.8 Å². The van der Waals surface area contributed by atoms with Crippen LogP contribution in [-0.2, 0) is 26.4 Å². The highest BCUT2D eigenvalue weighted by Crippen LogP contribution is 2.42. The molecule has 9 heteroatoms. The summed E-state index contributed by atoms with van der Waals surface area (Å²) in [5.74, 6) is 1.69. The highest BCUT2D eigenvalue weighted by atomic mass is 16.5.